The fourth-order valence-electron chi connectivity index (χ4n) is 6.36. The third-order valence-electron chi connectivity index (χ3n) is 8.48. The Morgan fingerprint density at radius 2 is 1.85 bits per heavy atom. The van der Waals surface area contributed by atoms with Crippen LogP contribution in [0.3, 0.4) is 0 Å². The number of ketones is 1. The maximum atomic E-state index is 14.1. The van der Waals surface area contributed by atoms with Crippen molar-refractivity contribution in [1.82, 2.24) is 14.8 Å². The molecule has 2 heterocycles. The van der Waals surface area contributed by atoms with Gasteiger partial charge >= 0.3 is 0 Å². The Labute approximate surface area is 240 Å². The Morgan fingerprint density at radius 1 is 1.07 bits per heavy atom. The van der Waals surface area contributed by atoms with Crippen molar-refractivity contribution in [1.29, 1.82) is 0 Å². The van der Waals surface area contributed by atoms with Gasteiger partial charge in [0.15, 0.2) is 0 Å². The molecular weight excluding hydrogens is 520 g/mol. The number of phenolic OH excluding ortho intramolecular Hbond substituents is 1. The molecule has 0 bridgehead atoms. The second kappa shape index (κ2) is 13.2. The highest BCUT2D eigenvalue weighted by Gasteiger charge is 2.39. The Kier molecular flexibility index (Phi) is 9.24. The zero-order valence-corrected chi connectivity index (χ0v) is 23.7. The lowest BCUT2D eigenvalue weighted by Gasteiger charge is -2.37. The molecular formula is C32H40N4O5. The summed E-state index contributed by atoms with van der Waals surface area (Å²) in [4.78, 5) is 48.9. The SMILES string of the molecule is COc1ccc2c(C(=O)C(=O)N(CCCN3CCCC3)C(C(=O)Nc3cccc(O)c3)C3CCCCC3)c[nH]c2c1. The number of fused-ring (bicyclic) bond motifs is 1. The quantitative estimate of drug-likeness (QED) is 0.225. The number of hydrogen-bond donors (Lipinski definition) is 3. The van der Waals surface area contributed by atoms with Crippen molar-refractivity contribution in [2.75, 3.05) is 38.6 Å². The van der Waals surface area contributed by atoms with Crippen molar-refractivity contribution in [3.63, 3.8) is 0 Å². The Balaban J connectivity index is 1.45. The number of likely N-dealkylation sites (tertiary alicyclic amines) is 1. The van der Waals surface area contributed by atoms with Gasteiger partial charge < -0.3 is 29.9 Å². The average Bonchev–Trinajstić information content (AvgIpc) is 3.66. The van der Waals surface area contributed by atoms with Crippen LogP contribution in [0.4, 0.5) is 5.69 Å². The predicted molar refractivity (Wildman–Crippen MR) is 158 cm³/mol. The van der Waals surface area contributed by atoms with Gasteiger partial charge in [-0.15, -0.1) is 0 Å². The largest absolute Gasteiger partial charge is 0.508 e. The molecule has 3 aromatic rings. The van der Waals surface area contributed by atoms with Crippen LogP contribution >= 0.6 is 0 Å². The summed E-state index contributed by atoms with van der Waals surface area (Å²) in [6.45, 7) is 3.20. The van der Waals surface area contributed by atoms with Gasteiger partial charge in [0.1, 0.15) is 17.5 Å². The summed E-state index contributed by atoms with van der Waals surface area (Å²) in [5.41, 5.74) is 1.44. The molecule has 1 atom stereocenters. The first kappa shape index (κ1) is 28.7. The molecule has 2 aromatic carbocycles. The van der Waals surface area contributed by atoms with Crippen LogP contribution in [0, 0.1) is 5.92 Å². The molecule has 2 aliphatic rings. The van der Waals surface area contributed by atoms with Crippen molar-refractivity contribution < 1.29 is 24.2 Å². The molecule has 5 rings (SSSR count). The molecule has 3 N–H and O–H groups in total. The fraction of sp³-hybridized carbons (Fsp3) is 0.469. The van der Waals surface area contributed by atoms with Crippen LogP contribution in [0.1, 0.15) is 61.7 Å². The van der Waals surface area contributed by atoms with Crippen LogP contribution in [0.5, 0.6) is 11.5 Å². The minimum Gasteiger partial charge on any atom is -0.508 e. The summed E-state index contributed by atoms with van der Waals surface area (Å²) in [6, 6.07) is 10.9. The lowest BCUT2D eigenvalue weighted by atomic mass is 9.82. The van der Waals surface area contributed by atoms with E-state index in [2.05, 4.69) is 15.2 Å². The van der Waals surface area contributed by atoms with E-state index in [1.54, 1.807) is 43.6 Å². The topological polar surface area (TPSA) is 115 Å². The van der Waals surface area contributed by atoms with Crippen LogP contribution in [0.15, 0.2) is 48.7 Å². The average molecular weight is 561 g/mol. The first-order valence-electron chi connectivity index (χ1n) is 14.8. The van der Waals surface area contributed by atoms with E-state index in [0.717, 1.165) is 51.7 Å². The van der Waals surface area contributed by atoms with Gasteiger partial charge in [0.25, 0.3) is 11.7 Å². The number of nitrogens with one attached hydrogen (secondary N) is 2. The molecule has 1 aromatic heterocycles. The highest BCUT2D eigenvalue weighted by molar-refractivity contribution is 6.45. The molecule has 9 nitrogen and oxygen atoms in total. The number of aromatic hydroxyl groups is 1. The molecule has 218 valence electrons. The Bertz CT molecular complexity index is 1370. The number of hydrogen-bond acceptors (Lipinski definition) is 6. The van der Waals surface area contributed by atoms with E-state index in [1.165, 1.54) is 29.9 Å². The number of aromatic amines is 1. The van der Waals surface area contributed by atoms with Crippen LogP contribution < -0.4 is 10.1 Å². The summed E-state index contributed by atoms with van der Waals surface area (Å²) >= 11 is 0. The molecule has 1 aliphatic heterocycles. The van der Waals surface area contributed by atoms with E-state index in [1.807, 2.05) is 0 Å². The monoisotopic (exact) mass is 560 g/mol. The number of phenols is 1. The highest BCUT2D eigenvalue weighted by atomic mass is 16.5. The normalized spacial score (nSPS) is 16.9. The van der Waals surface area contributed by atoms with Gasteiger partial charge in [-0.2, -0.15) is 0 Å². The number of aromatic nitrogens is 1. The lowest BCUT2D eigenvalue weighted by molar-refractivity contribution is -0.137. The van der Waals surface area contributed by atoms with Crippen LogP contribution in [0.2, 0.25) is 0 Å². The first-order valence-corrected chi connectivity index (χ1v) is 14.8. The fourth-order valence-corrected chi connectivity index (χ4v) is 6.36. The van der Waals surface area contributed by atoms with Gasteiger partial charge in [-0.05, 0) is 81.9 Å². The van der Waals surface area contributed by atoms with E-state index >= 15 is 0 Å². The maximum Gasteiger partial charge on any atom is 0.295 e. The third kappa shape index (κ3) is 6.73. The summed E-state index contributed by atoms with van der Waals surface area (Å²) in [5, 5.41) is 13.5. The number of H-pyrrole nitrogens is 1. The highest BCUT2D eigenvalue weighted by Crippen LogP contribution is 2.32. The summed E-state index contributed by atoms with van der Waals surface area (Å²) in [6.07, 6.45) is 9.26. The molecule has 0 radical (unpaired) electrons. The van der Waals surface area contributed by atoms with E-state index in [0.29, 0.717) is 35.3 Å². The standard InChI is InChI=1S/C32H40N4O5/c1-41-25-13-14-26-27(21-33-28(26)20-25)30(38)32(40)36(18-8-17-35-15-5-6-16-35)29(22-9-3-2-4-10-22)31(39)34-23-11-7-12-24(37)19-23/h7,11-14,19-22,29,33,37H,2-6,8-10,15-18H2,1H3,(H,34,39). The number of anilines is 1. The van der Waals surface area contributed by atoms with Gasteiger partial charge in [0.2, 0.25) is 5.91 Å². The number of Topliss-reactive ketones (excluding diaryl/α,β-unsaturated/α-hetero) is 1. The van der Waals surface area contributed by atoms with Gasteiger partial charge in [0.05, 0.1) is 12.7 Å². The van der Waals surface area contributed by atoms with Gasteiger partial charge in [-0.3, -0.25) is 14.4 Å². The summed E-state index contributed by atoms with van der Waals surface area (Å²) < 4.78 is 5.30. The molecule has 2 amide bonds. The molecule has 41 heavy (non-hydrogen) atoms. The smallest absolute Gasteiger partial charge is 0.295 e. The van der Waals surface area contributed by atoms with Crippen molar-refractivity contribution >= 4 is 34.2 Å². The molecule has 2 fully saturated rings. The summed E-state index contributed by atoms with van der Waals surface area (Å²) in [5.74, 6) is -0.987. The number of ether oxygens (including phenoxy) is 1. The Hall–Kier alpha value is -3.85. The van der Waals surface area contributed by atoms with Crippen molar-refractivity contribution in [3.8, 4) is 11.5 Å². The second-order valence-electron chi connectivity index (χ2n) is 11.2. The third-order valence-corrected chi connectivity index (χ3v) is 8.48. The number of carbonyl (C=O) groups excluding carboxylic acids is 3. The van der Waals surface area contributed by atoms with E-state index in [4.69, 9.17) is 4.74 Å². The minimum absolute atomic E-state index is 0.0432. The zero-order chi connectivity index (χ0) is 28.8. The molecule has 1 aliphatic carbocycles. The van der Waals surface area contributed by atoms with Crippen molar-refractivity contribution in [2.24, 2.45) is 5.92 Å². The first-order chi connectivity index (χ1) is 19.9. The zero-order valence-electron chi connectivity index (χ0n) is 23.7. The molecule has 1 unspecified atom stereocenters. The second-order valence-corrected chi connectivity index (χ2v) is 11.2. The number of rotatable bonds is 11. The number of nitrogens with zero attached hydrogens (tertiary/aromatic N) is 2. The van der Waals surface area contributed by atoms with Crippen LogP contribution in [-0.2, 0) is 9.59 Å². The maximum absolute atomic E-state index is 14.1. The number of amides is 2. The van der Waals surface area contributed by atoms with Gasteiger partial charge in [-0.25, -0.2) is 0 Å². The number of methoxy groups -OCH3 is 1. The number of carbonyl (C=O) groups is 3. The molecule has 1 saturated carbocycles. The van der Waals surface area contributed by atoms with Gasteiger partial charge in [-0.1, -0.05) is 25.3 Å². The minimum atomic E-state index is -0.794. The molecule has 1 saturated heterocycles. The molecule has 9 heteroatoms. The van der Waals surface area contributed by atoms with Crippen molar-refractivity contribution in [2.45, 2.75) is 57.4 Å². The predicted octanol–water partition coefficient (Wildman–Crippen LogP) is 4.97. The van der Waals surface area contributed by atoms with E-state index in [-0.39, 0.29) is 23.1 Å². The summed E-state index contributed by atoms with van der Waals surface area (Å²) in [7, 11) is 1.58. The van der Waals surface area contributed by atoms with E-state index < -0.39 is 17.7 Å². The Morgan fingerprint density at radius 3 is 2.59 bits per heavy atom. The number of benzene rings is 2. The lowest BCUT2D eigenvalue weighted by Crippen LogP contribution is -2.54. The van der Waals surface area contributed by atoms with E-state index in [9.17, 15) is 19.5 Å². The van der Waals surface area contributed by atoms with Crippen LogP contribution in [-0.4, -0.2) is 76.8 Å². The van der Waals surface area contributed by atoms with Crippen LogP contribution in [0.25, 0.3) is 10.9 Å². The van der Waals surface area contributed by atoms with Gasteiger partial charge in [0, 0.05) is 41.5 Å². The van der Waals surface area contributed by atoms with Crippen molar-refractivity contribution in [3.05, 3.63) is 54.2 Å². The molecule has 0 spiro atoms.